The zero-order valence-electron chi connectivity index (χ0n) is 15.0. The van der Waals surface area contributed by atoms with E-state index in [-0.39, 0.29) is 6.54 Å². The van der Waals surface area contributed by atoms with Crippen molar-refractivity contribution < 1.29 is 14.1 Å². The van der Waals surface area contributed by atoms with Gasteiger partial charge in [0.05, 0.1) is 10.8 Å². The number of carboxylic acid groups (broad SMARTS) is 1. The third kappa shape index (κ3) is 3.42. The highest BCUT2D eigenvalue weighted by Gasteiger charge is 2.19. The van der Waals surface area contributed by atoms with E-state index in [2.05, 4.69) is 12.1 Å². The first-order valence-corrected chi connectivity index (χ1v) is 10.6. The molecule has 27 heavy (non-hydrogen) atoms. The Labute approximate surface area is 164 Å². The van der Waals surface area contributed by atoms with Gasteiger partial charge in [0.15, 0.2) is 0 Å². The number of rotatable bonds is 4. The Hall–Kier alpha value is -2.11. The number of allylic oxidation sites excluding steroid dienone is 2. The largest absolute Gasteiger partial charge is 0.480 e. The first kappa shape index (κ1) is 18.3. The Morgan fingerprint density at radius 2 is 2.15 bits per heavy atom. The van der Waals surface area contributed by atoms with Crippen molar-refractivity contribution in [2.75, 3.05) is 5.75 Å². The molecule has 1 N–H and O–H groups in total. The fourth-order valence-corrected chi connectivity index (χ4v) is 5.36. The summed E-state index contributed by atoms with van der Waals surface area (Å²) in [4.78, 5) is 12.3. The van der Waals surface area contributed by atoms with Crippen molar-refractivity contribution in [1.82, 2.24) is 4.57 Å². The second-order valence-corrected chi connectivity index (χ2v) is 8.97. The van der Waals surface area contributed by atoms with Gasteiger partial charge in [0.2, 0.25) is 0 Å². The lowest BCUT2D eigenvalue weighted by Gasteiger charge is -2.07. The Morgan fingerprint density at radius 1 is 1.33 bits per heavy atom. The zero-order chi connectivity index (χ0) is 19.1. The monoisotopic (exact) mass is 401 g/mol. The number of hydrogen-bond acceptors (Lipinski definition) is 2. The molecule has 2 heterocycles. The zero-order valence-corrected chi connectivity index (χ0v) is 16.6. The van der Waals surface area contributed by atoms with Crippen molar-refractivity contribution in [3.05, 3.63) is 62.3 Å². The minimum absolute atomic E-state index is 0.0763. The van der Waals surface area contributed by atoms with Crippen LogP contribution in [0.15, 0.2) is 34.2 Å². The molecular weight excluding hydrogens is 382 g/mol. The van der Waals surface area contributed by atoms with Gasteiger partial charge in [-0.2, -0.15) is 0 Å². The molecule has 1 aliphatic carbocycles. The summed E-state index contributed by atoms with van der Waals surface area (Å²) in [5.41, 5.74) is 4.41. The molecule has 4 rings (SSSR count). The van der Waals surface area contributed by atoms with Gasteiger partial charge in [-0.15, -0.1) is 0 Å². The van der Waals surface area contributed by atoms with Crippen LogP contribution in [-0.4, -0.2) is 25.6 Å². The molecule has 0 bridgehead atoms. The summed E-state index contributed by atoms with van der Waals surface area (Å²) in [6.07, 6.45) is 8.04. The quantitative estimate of drug-likeness (QED) is 0.854. The number of hydrogen-bond donors (Lipinski definition) is 1. The van der Waals surface area contributed by atoms with Crippen molar-refractivity contribution in [3.63, 3.8) is 0 Å². The highest BCUT2D eigenvalue weighted by Crippen LogP contribution is 2.25. The average Bonchev–Trinajstić information content (AvgIpc) is 3.02. The normalized spacial score (nSPS) is 18.0. The van der Waals surface area contributed by atoms with E-state index in [9.17, 15) is 14.1 Å². The van der Waals surface area contributed by atoms with Crippen LogP contribution in [0.4, 0.5) is 0 Å². The smallest absolute Gasteiger partial charge is 0.323 e. The average molecular weight is 402 g/mol. The van der Waals surface area contributed by atoms with Crippen molar-refractivity contribution in [1.29, 1.82) is 0 Å². The SMILES string of the molecule is Cc1c(Cc2ccc3c(c2)CCS3=O)c2c(n1CC(=O)O)=CC=C(Cl)CC=2. The highest BCUT2D eigenvalue weighted by molar-refractivity contribution is 7.85. The second kappa shape index (κ2) is 7.13. The summed E-state index contributed by atoms with van der Waals surface area (Å²) < 4.78 is 13.8. The van der Waals surface area contributed by atoms with Crippen LogP contribution in [0.2, 0.25) is 0 Å². The van der Waals surface area contributed by atoms with E-state index in [1.165, 1.54) is 5.56 Å². The second-order valence-electron chi connectivity index (χ2n) is 6.95. The maximum atomic E-state index is 12.0. The number of halogens is 1. The molecule has 140 valence electrons. The maximum Gasteiger partial charge on any atom is 0.323 e. The molecular formula is C21H20ClNO3S. The van der Waals surface area contributed by atoms with E-state index in [0.717, 1.165) is 43.7 Å². The van der Waals surface area contributed by atoms with Crippen molar-refractivity contribution in [2.45, 2.75) is 37.6 Å². The number of aliphatic carboxylic acids is 1. The summed E-state index contributed by atoms with van der Waals surface area (Å²) in [5, 5.41) is 12.0. The standard InChI is InChI=1S/C21H20ClNO3S/c1-13-18(11-14-2-7-20-15(10-14)8-9-27(20)26)17-5-3-16(22)4-6-19(17)23(13)12-21(24)25/h2,4-7,10H,3,8-9,11-12H2,1H3,(H,24,25). The van der Waals surface area contributed by atoms with Crippen LogP contribution < -0.4 is 10.6 Å². The topological polar surface area (TPSA) is 59.3 Å². The number of benzene rings is 1. The minimum Gasteiger partial charge on any atom is -0.480 e. The Morgan fingerprint density at radius 3 is 2.93 bits per heavy atom. The molecule has 6 heteroatoms. The first-order chi connectivity index (χ1) is 12.9. The Balaban J connectivity index is 1.82. The van der Waals surface area contributed by atoms with Gasteiger partial charge in [0.1, 0.15) is 6.54 Å². The van der Waals surface area contributed by atoms with Gasteiger partial charge < -0.3 is 9.67 Å². The van der Waals surface area contributed by atoms with Gasteiger partial charge >= 0.3 is 5.97 Å². The number of fused-ring (bicyclic) bond motifs is 2. The molecule has 0 saturated heterocycles. The van der Waals surface area contributed by atoms with E-state index in [4.69, 9.17) is 11.6 Å². The number of carbonyl (C=O) groups is 1. The molecule has 4 nitrogen and oxygen atoms in total. The van der Waals surface area contributed by atoms with Crippen molar-refractivity contribution in [3.8, 4) is 0 Å². The molecule has 2 aliphatic rings. The number of carboxylic acids is 1. The van der Waals surface area contributed by atoms with Crippen LogP contribution in [0.25, 0.3) is 12.2 Å². The Kier molecular flexibility index (Phi) is 4.82. The number of aromatic nitrogens is 1. The fourth-order valence-electron chi connectivity index (χ4n) is 3.92. The predicted octanol–water partition coefficient (Wildman–Crippen LogP) is 2.22. The van der Waals surface area contributed by atoms with Gasteiger partial charge in [-0.3, -0.25) is 9.00 Å². The molecule has 0 fully saturated rings. The molecule has 1 aliphatic heterocycles. The summed E-state index contributed by atoms with van der Waals surface area (Å²) in [5.74, 6) is -0.162. The van der Waals surface area contributed by atoms with Crippen LogP contribution in [0, 0.1) is 6.92 Å². The number of nitrogens with zero attached hydrogens (tertiary/aromatic N) is 1. The van der Waals surface area contributed by atoms with Crippen LogP contribution in [0.3, 0.4) is 0 Å². The summed E-state index contributed by atoms with van der Waals surface area (Å²) >= 11 is 6.20. The Bertz CT molecular complexity index is 1130. The molecule has 0 amide bonds. The third-order valence-corrected chi connectivity index (χ3v) is 7.00. The van der Waals surface area contributed by atoms with E-state index in [1.807, 2.05) is 35.8 Å². The summed E-state index contributed by atoms with van der Waals surface area (Å²) in [7, 11) is -0.870. The first-order valence-electron chi connectivity index (χ1n) is 8.90. The number of aryl methyl sites for hydroxylation is 1. The van der Waals surface area contributed by atoms with E-state index in [0.29, 0.717) is 18.6 Å². The predicted molar refractivity (Wildman–Crippen MR) is 108 cm³/mol. The molecule has 0 saturated carbocycles. The molecule has 1 aromatic carbocycles. The molecule has 2 aromatic rings. The molecule has 1 unspecified atom stereocenters. The molecule has 0 radical (unpaired) electrons. The summed E-state index contributed by atoms with van der Waals surface area (Å²) in [6.45, 7) is 1.90. The lowest BCUT2D eigenvalue weighted by atomic mass is 10.0. The van der Waals surface area contributed by atoms with Crippen LogP contribution in [0.1, 0.15) is 28.8 Å². The van der Waals surface area contributed by atoms with E-state index in [1.54, 1.807) is 0 Å². The van der Waals surface area contributed by atoms with Gasteiger partial charge in [-0.1, -0.05) is 29.8 Å². The lowest BCUT2D eigenvalue weighted by Crippen LogP contribution is -2.31. The van der Waals surface area contributed by atoms with Crippen LogP contribution in [-0.2, 0) is 35.0 Å². The van der Waals surface area contributed by atoms with Gasteiger partial charge in [0, 0.05) is 33.1 Å². The third-order valence-electron chi connectivity index (χ3n) is 5.26. The fraction of sp³-hybridized carbons (Fsp3) is 0.286. The van der Waals surface area contributed by atoms with E-state index < -0.39 is 16.8 Å². The van der Waals surface area contributed by atoms with Gasteiger partial charge in [-0.25, -0.2) is 0 Å². The minimum atomic E-state index is -0.870. The maximum absolute atomic E-state index is 12.0. The molecule has 1 aromatic heterocycles. The van der Waals surface area contributed by atoms with Crippen molar-refractivity contribution >= 4 is 40.5 Å². The van der Waals surface area contributed by atoms with Crippen LogP contribution >= 0.6 is 11.6 Å². The molecule has 0 spiro atoms. The van der Waals surface area contributed by atoms with Crippen molar-refractivity contribution in [2.24, 2.45) is 0 Å². The van der Waals surface area contributed by atoms with Gasteiger partial charge in [-0.05, 0) is 59.9 Å². The lowest BCUT2D eigenvalue weighted by molar-refractivity contribution is -0.137. The molecule has 1 atom stereocenters. The van der Waals surface area contributed by atoms with Crippen LogP contribution in [0.5, 0.6) is 0 Å². The highest BCUT2D eigenvalue weighted by atomic mass is 35.5. The summed E-state index contributed by atoms with van der Waals surface area (Å²) in [6, 6.07) is 6.16. The van der Waals surface area contributed by atoms with E-state index >= 15 is 0 Å². The van der Waals surface area contributed by atoms with Gasteiger partial charge in [0.25, 0.3) is 0 Å².